The molecule has 1 aliphatic heterocycles. The number of piperidine rings is 1. The van der Waals surface area contributed by atoms with E-state index in [1.807, 2.05) is 12.1 Å². The van der Waals surface area contributed by atoms with Crippen molar-refractivity contribution in [3.05, 3.63) is 28.2 Å². The molecule has 0 saturated carbocycles. The van der Waals surface area contributed by atoms with E-state index in [2.05, 4.69) is 20.1 Å². The zero-order chi connectivity index (χ0) is 14.8. The van der Waals surface area contributed by atoms with Gasteiger partial charge in [0, 0.05) is 28.7 Å². The lowest BCUT2D eigenvalue weighted by molar-refractivity contribution is 0.411. The van der Waals surface area contributed by atoms with Crippen molar-refractivity contribution < 1.29 is 0 Å². The first-order valence-corrected chi connectivity index (χ1v) is 7.75. The Bertz CT molecular complexity index is 599. The van der Waals surface area contributed by atoms with Crippen molar-refractivity contribution >= 4 is 29.2 Å². The molecule has 0 bridgehead atoms. The van der Waals surface area contributed by atoms with E-state index >= 15 is 0 Å². The molecule has 0 radical (unpaired) electrons. The predicted molar refractivity (Wildman–Crippen MR) is 85.8 cm³/mol. The van der Waals surface area contributed by atoms with Gasteiger partial charge in [0.15, 0.2) is 5.82 Å². The molecule has 0 aliphatic carbocycles. The number of halogens is 2. The minimum Gasteiger partial charge on any atom is -0.340 e. The van der Waals surface area contributed by atoms with Gasteiger partial charge in [-0.25, -0.2) is 0 Å². The molecule has 0 unspecified atom stereocenters. The van der Waals surface area contributed by atoms with Gasteiger partial charge in [-0.1, -0.05) is 23.2 Å². The third-order valence-electron chi connectivity index (χ3n) is 3.84. The fourth-order valence-electron chi connectivity index (χ4n) is 2.58. The summed E-state index contributed by atoms with van der Waals surface area (Å²) >= 11 is 12.0. The third kappa shape index (κ3) is 3.31. The molecule has 0 spiro atoms. The summed E-state index contributed by atoms with van der Waals surface area (Å²) in [5.74, 6) is 2.01. The van der Waals surface area contributed by atoms with Crippen LogP contribution in [0.3, 0.4) is 0 Å². The Hall–Kier alpha value is -1.30. The Kier molecular flexibility index (Phi) is 4.33. The Morgan fingerprint density at radius 3 is 2.48 bits per heavy atom. The normalized spacial score (nSPS) is 16.4. The summed E-state index contributed by atoms with van der Waals surface area (Å²) in [6.45, 7) is 2.64. The standard InChI is InChI=1S/C14H17Cl2N5/c15-11-5-10(6-12(16)7-11)13-18-14(20-19-13)21-3-1-9(8-17)2-4-21/h5-7,9H,1-4,8,17H2,(H,18,19,20). The fraction of sp³-hybridized carbons (Fsp3) is 0.429. The van der Waals surface area contributed by atoms with Crippen LogP contribution in [-0.4, -0.2) is 34.8 Å². The number of nitrogens with two attached hydrogens (primary N) is 1. The van der Waals surface area contributed by atoms with Crippen molar-refractivity contribution in [3.63, 3.8) is 0 Å². The number of aromatic nitrogens is 3. The predicted octanol–water partition coefficient (Wildman–Crippen LogP) is 2.95. The van der Waals surface area contributed by atoms with E-state index < -0.39 is 0 Å². The number of nitrogens with one attached hydrogen (secondary N) is 1. The van der Waals surface area contributed by atoms with Crippen LogP contribution in [0.4, 0.5) is 5.95 Å². The maximum absolute atomic E-state index is 6.02. The lowest BCUT2D eigenvalue weighted by Gasteiger charge is -2.30. The van der Waals surface area contributed by atoms with E-state index in [1.54, 1.807) is 6.07 Å². The van der Waals surface area contributed by atoms with Gasteiger partial charge in [0.1, 0.15) is 0 Å². The fourth-order valence-corrected chi connectivity index (χ4v) is 3.11. The van der Waals surface area contributed by atoms with Crippen LogP contribution in [0.2, 0.25) is 10.0 Å². The average Bonchev–Trinajstić information content (AvgIpc) is 2.96. The summed E-state index contributed by atoms with van der Waals surface area (Å²) in [6.07, 6.45) is 2.17. The monoisotopic (exact) mass is 325 g/mol. The topological polar surface area (TPSA) is 70.8 Å². The van der Waals surface area contributed by atoms with Gasteiger partial charge in [-0.2, -0.15) is 4.98 Å². The first-order chi connectivity index (χ1) is 10.2. The van der Waals surface area contributed by atoms with Gasteiger partial charge in [-0.3, -0.25) is 5.10 Å². The molecule has 1 aromatic heterocycles. The Morgan fingerprint density at radius 1 is 1.19 bits per heavy atom. The van der Waals surface area contributed by atoms with E-state index in [0.29, 0.717) is 21.8 Å². The van der Waals surface area contributed by atoms with Crippen LogP contribution >= 0.6 is 23.2 Å². The lowest BCUT2D eigenvalue weighted by atomic mass is 9.97. The summed E-state index contributed by atoms with van der Waals surface area (Å²) in [5, 5.41) is 8.42. The Balaban J connectivity index is 1.77. The number of rotatable bonds is 3. The van der Waals surface area contributed by atoms with Gasteiger partial charge >= 0.3 is 0 Å². The van der Waals surface area contributed by atoms with Crippen molar-refractivity contribution in [2.75, 3.05) is 24.5 Å². The first kappa shape index (κ1) is 14.6. The first-order valence-electron chi connectivity index (χ1n) is 6.99. The second-order valence-electron chi connectivity index (χ2n) is 5.31. The van der Waals surface area contributed by atoms with E-state index in [1.165, 1.54) is 0 Å². The summed E-state index contributed by atoms with van der Waals surface area (Å²) in [7, 11) is 0. The molecule has 1 aromatic carbocycles. The molecule has 3 rings (SSSR count). The molecule has 112 valence electrons. The molecule has 21 heavy (non-hydrogen) atoms. The van der Waals surface area contributed by atoms with Crippen LogP contribution in [0, 0.1) is 5.92 Å². The molecule has 1 aliphatic rings. The van der Waals surface area contributed by atoms with Crippen molar-refractivity contribution in [1.82, 2.24) is 15.2 Å². The molecule has 1 fully saturated rings. The number of anilines is 1. The van der Waals surface area contributed by atoms with Crippen LogP contribution in [0.25, 0.3) is 11.4 Å². The van der Waals surface area contributed by atoms with Crippen molar-refractivity contribution in [1.29, 1.82) is 0 Å². The molecule has 0 amide bonds. The zero-order valence-electron chi connectivity index (χ0n) is 11.5. The molecule has 1 saturated heterocycles. The summed E-state index contributed by atoms with van der Waals surface area (Å²) < 4.78 is 0. The maximum Gasteiger partial charge on any atom is 0.245 e. The minimum atomic E-state index is 0.583. The number of nitrogens with zero attached hydrogens (tertiary/aromatic N) is 3. The van der Waals surface area contributed by atoms with E-state index in [0.717, 1.165) is 44.0 Å². The number of hydrogen-bond acceptors (Lipinski definition) is 4. The molecule has 0 atom stereocenters. The van der Waals surface area contributed by atoms with Crippen LogP contribution in [0.5, 0.6) is 0 Å². The maximum atomic E-state index is 6.02. The number of aromatic amines is 1. The number of benzene rings is 1. The van der Waals surface area contributed by atoms with E-state index in [9.17, 15) is 0 Å². The minimum absolute atomic E-state index is 0.583. The number of hydrogen-bond donors (Lipinski definition) is 2. The summed E-state index contributed by atoms with van der Waals surface area (Å²) in [4.78, 5) is 6.73. The van der Waals surface area contributed by atoms with Crippen molar-refractivity contribution in [3.8, 4) is 11.4 Å². The molecular formula is C14H17Cl2N5. The lowest BCUT2D eigenvalue weighted by Crippen LogP contribution is -2.36. The molecule has 2 aromatic rings. The second-order valence-corrected chi connectivity index (χ2v) is 6.18. The van der Waals surface area contributed by atoms with Crippen LogP contribution < -0.4 is 10.6 Å². The van der Waals surface area contributed by atoms with Gasteiger partial charge in [0.05, 0.1) is 0 Å². The SMILES string of the molecule is NCC1CCN(c2n[nH]c(-c3cc(Cl)cc(Cl)c3)n2)CC1. The molecule has 7 heteroatoms. The Morgan fingerprint density at radius 2 is 1.86 bits per heavy atom. The highest BCUT2D eigenvalue weighted by atomic mass is 35.5. The van der Waals surface area contributed by atoms with Gasteiger partial charge in [0.25, 0.3) is 0 Å². The highest BCUT2D eigenvalue weighted by molar-refractivity contribution is 6.35. The highest BCUT2D eigenvalue weighted by Gasteiger charge is 2.21. The smallest absolute Gasteiger partial charge is 0.245 e. The summed E-state index contributed by atoms with van der Waals surface area (Å²) in [6, 6.07) is 5.33. The molecular weight excluding hydrogens is 309 g/mol. The average molecular weight is 326 g/mol. The van der Waals surface area contributed by atoms with E-state index in [4.69, 9.17) is 28.9 Å². The van der Waals surface area contributed by atoms with Gasteiger partial charge in [0.2, 0.25) is 5.95 Å². The summed E-state index contributed by atoms with van der Waals surface area (Å²) in [5.41, 5.74) is 6.55. The largest absolute Gasteiger partial charge is 0.340 e. The van der Waals surface area contributed by atoms with Crippen molar-refractivity contribution in [2.24, 2.45) is 11.7 Å². The van der Waals surface area contributed by atoms with Gasteiger partial charge in [-0.15, -0.1) is 5.10 Å². The van der Waals surface area contributed by atoms with Crippen LogP contribution in [0.15, 0.2) is 18.2 Å². The van der Waals surface area contributed by atoms with Crippen LogP contribution in [-0.2, 0) is 0 Å². The second kappa shape index (κ2) is 6.22. The van der Waals surface area contributed by atoms with Crippen LogP contribution in [0.1, 0.15) is 12.8 Å². The quantitative estimate of drug-likeness (QED) is 0.910. The Labute approximate surface area is 133 Å². The third-order valence-corrected chi connectivity index (χ3v) is 4.28. The number of H-pyrrole nitrogens is 1. The molecule has 2 heterocycles. The molecule has 3 N–H and O–H groups in total. The van der Waals surface area contributed by atoms with Gasteiger partial charge < -0.3 is 10.6 Å². The zero-order valence-corrected chi connectivity index (χ0v) is 13.0. The van der Waals surface area contributed by atoms with Gasteiger partial charge in [-0.05, 0) is 43.5 Å². The highest BCUT2D eigenvalue weighted by Crippen LogP contribution is 2.27. The van der Waals surface area contributed by atoms with E-state index in [-0.39, 0.29) is 0 Å². The van der Waals surface area contributed by atoms with Crippen molar-refractivity contribution in [2.45, 2.75) is 12.8 Å². The molecule has 5 nitrogen and oxygen atoms in total.